The van der Waals surface area contributed by atoms with Crippen molar-refractivity contribution in [2.45, 2.75) is 6.42 Å². The van der Waals surface area contributed by atoms with Crippen LogP contribution in [0.2, 0.25) is 0 Å². The van der Waals surface area contributed by atoms with Crippen LogP contribution in [0.15, 0.2) is 42.5 Å². The second-order valence-electron chi connectivity index (χ2n) is 8.66. The SMILES string of the molecule is COc1ccc2sc(N(CCN3CCOCC3)C(=O)C3CC(=O)N(c4ccc(F)cc4)C3)nc2c1.Cl. The number of fused-ring (bicyclic) bond motifs is 1. The third kappa shape index (κ3) is 5.62. The van der Waals surface area contributed by atoms with E-state index in [4.69, 9.17) is 14.5 Å². The van der Waals surface area contributed by atoms with Crippen LogP contribution in [0.25, 0.3) is 10.2 Å². The average molecular weight is 535 g/mol. The van der Waals surface area contributed by atoms with E-state index < -0.39 is 5.92 Å². The molecule has 3 aromatic rings. The van der Waals surface area contributed by atoms with Gasteiger partial charge in [-0.25, -0.2) is 9.37 Å². The van der Waals surface area contributed by atoms with Gasteiger partial charge in [0.05, 0.1) is 36.5 Å². The highest BCUT2D eigenvalue weighted by molar-refractivity contribution is 7.22. The maximum absolute atomic E-state index is 13.8. The van der Waals surface area contributed by atoms with E-state index in [9.17, 15) is 14.0 Å². The molecule has 192 valence electrons. The minimum absolute atomic E-state index is 0. The zero-order chi connectivity index (χ0) is 24.4. The first-order valence-electron chi connectivity index (χ1n) is 11.6. The molecule has 1 unspecified atom stereocenters. The summed E-state index contributed by atoms with van der Waals surface area (Å²) in [5, 5.41) is 0.610. The molecule has 2 fully saturated rings. The summed E-state index contributed by atoms with van der Waals surface area (Å²) in [6.45, 7) is 4.42. The number of methoxy groups -OCH3 is 1. The number of hydrogen-bond donors (Lipinski definition) is 0. The van der Waals surface area contributed by atoms with Gasteiger partial charge in [-0.3, -0.25) is 19.4 Å². The lowest BCUT2D eigenvalue weighted by atomic mass is 10.1. The zero-order valence-electron chi connectivity index (χ0n) is 19.9. The summed E-state index contributed by atoms with van der Waals surface area (Å²) in [6, 6.07) is 11.4. The number of halogens is 2. The molecule has 0 saturated carbocycles. The Balaban J connectivity index is 0.00000304. The number of nitrogens with zero attached hydrogens (tertiary/aromatic N) is 4. The van der Waals surface area contributed by atoms with Gasteiger partial charge in [0.15, 0.2) is 5.13 Å². The number of rotatable bonds is 7. The molecular formula is C25H28ClFN4O4S. The Morgan fingerprint density at radius 2 is 1.97 bits per heavy atom. The first-order valence-corrected chi connectivity index (χ1v) is 12.5. The predicted octanol–water partition coefficient (Wildman–Crippen LogP) is 3.58. The Labute approximate surface area is 219 Å². The van der Waals surface area contributed by atoms with Gasteiger partial charge in [0.1, 0.15) is 11.6 Å². The summed E-state index contributed by atoms with van der Waals surface area (Å²) in [6.07, 6.45) is 0.114. The first kappa shape index (κ1) is 26.3. The molecule has 2 aromatic carbocycles. The van der Waals surface area contributed by atoms with Crippen molar-refractivity contribution in [3.05, 3.63) is 48.3 Å². The standard InChI is InChI=1S/C25H27FN4O4S.ClH/c1-33-20-6-7-22-21(15-20)27-25(35-22)29(9-8-28-10-12-34-13-11-28)24(32)17-14-23(31)30(16-17)19-4-2-18(26)3-5-19;/h2-7,15,17H,8-14,16H2,1H3;1H. The van der Waals surface area contributed by atoms with Gasteiger partial charge < -0.3 is 14.4 Å². The van der Waals surface area contributed by atoms with Crippen LogP contribution in [0.1, 0.15) is 6.42 Å². The van der Waals surface area contributed by atoms with Crippen LogP contribution in [0, 0.1) is 11.7 Å². The lowest BCUT2D eigenvalue weighted by molar-refractivity contribution is -0.124. The number of amides is 2. The summed E-state index contributed by atoms with van der Waals surface area (Å²) in [5.41, 5.74) is 1.36. The van der Waals surface area contributed by atoms with Crippen LogP contribution >= 0.6 is 23.7 Å². The van der Waals surface area contributed by atoms with Crippen LogP contribution in [-0.2, 0) is 14.3 Å². The van der Waals surface area contributed by atoms with E-state index in [2.05, 4.69) is 4.90 Å². The van der Waals surface area contributed by atoms with Crippen molar-refractivity contribution in [3.8, 4) is 5.75 Å². The van der Waals surface area contributed by atoms with Crippen molar-refractivity contribution in [2.24, 2.45) is 5.92 Å². The van der Waals surface area contributed by atoms with Gasteiger partial charge in [-0.15, -0.1) is 12.4 Å². The summed E-state index contributed by atoms with van der Waals surface area (Å²) in [5.74, 6) is -0.426. The van der Waals surface area contributed by atoms with Gasteiger partial charge in [-0.1, -0.05) is 11.3 Å². The van der Waals surface area contributed by atoms with E-state index in [1.807, 2.05) is 18.2 Å². The fraction of sp³-hybridized carbons (Fsp3) is 0.400. The summed E-state index contributed by atoms with van der Waals surface area (Å²) in [4.78, 5) is 36.8. The Kier molecular flexibility index (Phi) is 8.40. The highest BCUT2D eigenvalue weighted by Gasteiger charge is 2.38. The molecule has 3 heterocycles. The predicted molar refractivity (Wildman–Crippen MR) is 140 cm³/mol. The van der Waals surface area contributed by atoms with Gasteiger partial charge in [0, 0.05) is 50.9 Å². The smallest absolute Gasteiger partial charge is 0.234 e. The molecule has 36 heavy (non-hydrogen) atoms. The minimum atomic E-state index is -0.501. The third-order valence-electron chi connectivity index (χ3n) is 6.44. The molecule has 2 saturated heterocycles. The number of anilines is 2. The van der Waals surface area contributed by atoms with Crippen molar-refractivity contribution >= 4 is 56.6 Å². The topological polar surface area (TPSA) is 75.2 Å². The second-order valence-corrected chi connectivity index (χ2v) is 9.66. The number of hydrogen-bond acceptors (Lipinski definition) is 7. The molecule has 0 aliphatic carbocycles. The molecular weight excluding hydrogens is 507 g/mol. The normalized spacial score (nSPS) is 18.3. The number of carbonyl (C=O) groups is 2. The number of carbonyl (C=O) groups excluding carboxylic acids is 2. The third-order valence-corrected chi connectivity index (χ3v) is 7.50. The molecule has 0 spiro atoms. The van der Waals surface area contributed by atoms with E-state index >= 15 is 0 Å². The van der Waals surface area contributed by atoms with Crippen LogP contribution in [-0.4, -0.2) is 74.7 Å². The molecule has 0 N–H and O–H groups in total. The summed E-state index contributed by atoms with van der Waals surface area (Å²) >= 11 is 1.45. The van der Waals surface area contributed by atoms with Crippen molar-refractivity contribution in [3.63, 3.8) is 0 Å². The Morgan fingerprint density at radius 1 is 1.22 bits per heavy atom. The Bertz CT molecular complexity index is 1220. The minimum Gasteiger partial charge on any atom is -0.497 e. The number of ether oxygens (including phenoxy) is 2. The van der Waals surface area contributed by atoms with E-state index in [1.165, 1.54) is 23.5 Å². The summed E-state index contributed by atoms with van der Waals surface area (Å²) < 4.78 is 25.1. The average Bonchev–Trinajstić information content (AvgIpc) is 3.48. The van der Waals surface area contributed by atoms with Crippen LogP contribution < -0.4 is 14.5 Å². The van der Waals surface area contributed by atoms with Gasteiger partial charge in [0.25, 0.3) is 0 Å². The molecule has 0 bridgehead atoms. The van der Waals surface area contributed by atoms with Gasteiger partial charge in [0.2, 0.25) is 11.8 Å². The van der Waals surface area contributed by atoms with Crippen molar-refractivity contribution in [1.29, 1.82) is 0 Å². The Morgan fingerprint density at radius 3 is 2.69 bits per heavy atom. The highest BCUT2D eigenvalue weighted by Crippen LogP contribution is 2.34. The number of aromatic nitrogens is 1. The molecule has 2 amide bonds. The molecule has 8 nitrogen and oxygen atoms in total. The Hall–Kier alpha value is -2.79. The quantitative estimate of drug-likeness (QED) is 0.461. The maximum atomic E-state index is 13.8. The zero-order valence-corrected chi connectivity index (χ0v) is 21.5. The molecule has 0 radical (unpaired) electrons. The largest absolute Gasteiger partial charge is 0.497 e. The second kappa shape index (κ2) is 11.5. The molecule has 5 rings (SSSR count). The van der Waals surface area contributed by atoms with Crippen molar-refractivity contribution in [1.82, 2.24) is 9.88 Å². The van der Waals surface area contributed by atoms with Crippen molar-refractivity contribution in [2.75, 3.05) is 62.8 Å². The highest BCUT2D eigenvalue weighted by atomic mass is 35.5. The molecule has 2 aliphatic heterocycles. The fourth-order valence-corrected chi connectivity index (χ4v) is 5.45. The lowest BCUT2D eigenvalue weighted by Crippen LogP contribution is -2.45. The van der Waals surface area contributed by atoms with Gasteiger partial charge in [-0.05, 0) is 36.4 Å². The van der Waals surface area contributed by atoms with Crippen LogP contribution in [0.5, 0.6) is 5.75 Å². The molecule has 1 aromatic heterocycles. The maximum Gasteiger partial charge on any atom is 0.234 e. The van der Waals surface area contributed by atoms with Gasteiger partial charge >= 0.3 is 0 Å². The van der Waals surface area contributed by atoms with Crippen LogP contribution in [0.3, 0.4) is 0 Å². The number of benzene rings is 2. The van der Waals surface area contributed by atoms with Crippen LogP contribution in [0.4, 0.5) is 15.2 Å². The summed E-state index contributed by atoms with van der Waals surface area (Å²) in [7, 11) is 1.61. The van der Waals surface area contributed by atoms with Crippen molar-refractivity contribution < 1.29 is 23.5 Å². The molecule has 2 aliphatic rings. The van der Waals surface area contributed by atoms with Gasteiger partial charge in [-0.2, -0.15) is 0 Å². The fourth-order valence-electron chi connectivity index (χ4n) is 4.47. The monoisotopic (exact) mass is 534 g/mol. The molecule has 1 atom stereocenters. The number of thiazole rings is 1. The molecule has 11 heteroatoms. The lowest BCUT2D eigenvalue weighted by Gasteiger charge is -2.30. The van der Waals surface area contributed by atoms with E-state index in [1.54, 1.807) is 29.0 Å². The number of morpholine rings is 1. The first-order chi connectivity index (χ1) is 17.0. The van der Waals surface area contributed by atoms with E-state index in [0.717, 1.165) is 23.3 Å². The van der Waals surface area contributed by atoms with E-state index in [0.29, 0.717) is 42.9 Å². The van der Waals surface area contributed by atoms with E-state index in [-0.39, 0.29) is 43.0 Å².